The third-order valence-corrected chi connectivity index (χ3v) is 8.16. The average Bonchev–Trinajstić information content (AvgIpc) is 3.19. The maximum Gasteiger partial charge on any atom is 0.233 e. The summed E-state index contributed by atoms with van der Waals surface area (Å²) in [6.45, 7) is 3.90. The molecule has 140 valence electrons. The van der Waals surface area contributed by atoms with Gasteiger partial charge < -0.3 is 5.32 Å². The van der Waals surface area contributed by atoms with E-state index in [-0.39, 0.29) is 28.7 Å². The fraction of sp³-hybridized carbons (Fsp3) is 0.444. The first-order valence-electron chi connectivity index (χ1n) is 8.46. The van der Waals surface area contributed by atoms with Gasteiger partial charge in [-0.1, -0.05) is 29.8 Å². The van der Waals surface area contributed by atoms with Gasteiger partial charge in [-0.3, -0.25) is 4.79 Å². The van der Waals surface area contributed by atoms with E-state index in [0.29, 0.717) is 12.2 Å². The Bertz CT molecular complexity index is 875. The Morgan fingerprint density at radius 3 is 2.77 bits per heavy atom. The standard InChI is InChI=1S/C18H22N2O3S3/c1-12-3-5-14(6-4-12)18-20-16(10-25-18)9-24-13(2)17(21)19-15-7-8-26(22,23)11-15/h3-6,10,13,15H,7-9,11H2,1-2H3,(H,19,21)/t13-,15+/m1/s1. The van der Waals surface area contributed by atoms with Gasteiger partial charge >= 0.3 is 0 Å². The minimum Gasteiger partial charge on any atom is -0.351 e. The predicted molar refractivity (Wildman–Crippen MR) is 108 cm³/mol. The zero-order valence-electron chi connectivity index (χ0n) is 14.8. The Morgan fingerprint density at radius 1 is 1.38 bits per heavy atom. The summed E-state index contributed by atoms with van der Waals surface area (Å²) in [6, 6.07) is 8.03. The summed E-state index contributed by atoms with van der Waals surface area (Å²) in [6.07, 6.45) is 0.511. The molecule has 1 N–H and O–H groups in total. The molecule has 1 aliphatic heterocycles. The van der Waals surface area contributed by atoms with Crippen LogP contribution in [0.4, 0.5) is 0 Å². The first-order chi connectivity index (χ1) is 12.3. The fourth-order valence-corrected chi connectivity index (χ4v) is 6.11. The molecule has 1 aromatic carbocycles. The molecular weight excluding hydrogens is 388 g/mol. The summed E-state index contributed by atoms with van der Waals surface area (Å²) in [5.74, 6) is 0.772. The fourth-order valence-electron chi connectivity index (χ4n) is 2.72. The second-order valence-electron chi connectivity index (χ2n) is 6.57. The molecule has 26 heavy (non-hydrogen) atoms. The van der Waals surface area contributed by atoms with Crippen molar-refractivity contribution in [3.8, 4) is 10.6 Å². The highest BCUT2D eigenvalue weighted by Gasteiger charge is 2.30. The van der Waals surface area contributed by atoms with E-state index in [4.69, 9.17) is 0 Å². The average molecular weight is 411 g/mol. The molecule has 0 aliphatic carbocycles. The van der Waals surface area contributed by atoms with E-state index < -0.39 is 9.84 Å². The number of aryl methyl sites for hydroxylation is 1. The number of thioether (sulfide) groups is 1. The van der Waals surface area contributed by atoms with Gasteiger partial charge in [0.1, 0.15) is 5.01 Å². The molecule has 1 aliphatic rings. The number of nitrogens with one attached hydrogen (secondary N) is 1. The van der Waals surface area contributed by atoms with Crippen LogP contribution in [0.5, 0.6) is 0 Å². The topological polar surface area (TPSA) is 76.1 Å². The van der Waals surface area contributed by atoms with Crippen LogP contribution in [-0.4, -0.2) is 42.1 Å². The Hall–Kier alpha value is -1.38. The molecular formula is C18H22N2O3S3. The SMILES string of the molecule is Cc1ccc(-c2nc(CS[C@H](C)C(=O)N[C@H]3CCS(=O)(=O)C3)cs2)cc1. The van der Waals surface area contributed by atoms with Crippen LogP contribution in [0.15, 0.2) is 29.6 Å². The molecule has 0 unspecified atom stereocenters. The molecule has 2 atom stereocenters. The van der Waals surface area contributed by atoms with Crippen molar-refractivity contribution in [2.45, 2.75) is 37.3 Å². The van der Waals surface area contributed by atoms with Crippen LogP contribution in [0.3, 0.4) is 0 Å². The van der Waals surface area contributed by atoms with Crippen molar-refractivity contribution in [2.75, 3.05) is 11.5 Å². The van der Waals surface area contributed by atoms with Gasteiger partial charge in [0, 0.05) is 22.7 Å². The van der Waals surface area contributed by atoms with Gasteiger partial charge in [-0.05, 0) is 20.3 Å². The largest absolute Gasteiger partial charge is 0.351 e. The van der Waals surface area contributed by atoms with E-state index in [2.05, 4.69) is 41.5 Å². The monoisotopic (exact) mass is 410 g/mol. The van der Waals surface area contributed by atoms with E-state index in [0.717, 1.165) is 16.3 Å². The van der Waals surface area contributed by atoms with Crippen molar-refractivity contribution in [2.24, 2.45) is 0 Å². The highest BCUT2D eigenvalue weighted by Crippen LogP contribution is 2.27. The van der Waals surface area contributed by atoms with E-state index >= 15 is 0 Å². The van der Waals surface area contributed by atoms with Gasteiger partial charge in [0.05, 0.1) is 22.4 Å². The van der Waals surface area contributed by atoms with Crippen LogP contribution >= 0.6 is 23.1 Å². The summed E-state index contributed by atoms with van der Waals surface area (Å²) in [4.78, 5) is 16.9. The molecule has 0 spiro atoms. The number of thiazole rings is 1. The van der Waals surface area contributed by atoms with Crippen LogP contribution in [0.2, 0.25) is 0 Å². The Morgan fingerprint density at radius 2 is 2.12 bits per heavy atom. The normalized spacial score (nSPS) is 20.0. The van der Waals surface area contributed by atoms with E-state index in [1.54, 1.807) is 11.3 Å². The molecule has 5 nitrogen and oxygen atoms in total. The maximum absolute atomic E-state index is 12.2. The zero-order valence-corrected chi connectivity index (χ0v) is 17.2. The number of hydrogen-bond donors (Lipinski definition) is 1. The van der Waals surface area contributed by atoms with Crippen molar-refractivity contribution in [1.29, 1.82) is 0 Å². The third kappa shape index (κ3) is 5.08. The number of carbonyl (C=O) groups is 1. The third-order valence-electron chi connectivity index (χ3n) is 4.28. The van der Waals surface area contributed by atoms with E-state index in [9.17, 15) is 13.2 Å². The van der Waals surface area contributed by atoms with Crippen LogP contribution in [0.1, 0.15) is 24.6 Å². The molecule has 8 heteroatoms. The maximum atomic E-state index is 12.2. The second kappa shape index (κ2) is 8.10. The van der Waals surface area contributed by atoms with Gasteiger partial charge in [-0.25, -0.2) is 13.4 Å². The molecule has 1 saturated heterocycles. The summed E-state index contributed by atoms with van der Waals surface area (Å²) in [5.41, 5.74) is 3.28. The summed E-state index contributed by atoms with van der Waals surface area (Å²) in [5, 5.41) is 5.61. The summed E-state index contributed by atoms with van der Waals surface area (Å²) in [7, 11) is -2.98. The van der Waals surface area contributed by atoms with Crippen molar-refractivity contribution in [3.63, 3.8) is 0 Å². The molecule has 2 heterocycles. The molecule has 0 radical (unpaired) electrons. The Labute approximate surface area is 162 Å². The molecule has 1 aromatic heterocycles. The summed E-state index contributed by atoms with van der Waals surface area (Å²) < 4.78 is 23.0. The number of sulfone groups is 1. The lowest BCUT2D eigenvalue weighted by atomic mass is 10.2. The molecule has 1 amide bonds. The van der Waals surface area contributed by atoms with Gasteiger partial charge in [-0.2, -0.15) is 0 Å². The molecule has 1 fully saturated rings. The highest BCUT2D eigenvalue weighted by atomic mass is 32.2. The predicted octanol–water partition coefficient (Wildman–Crippen LogP) is 3.04. The van der Waals surface area contributed by atoms with Crippen molar-refractivity contribution < 1.29 is 13.2 Å². The minimum absolute atomic E-state index is 0.0577. The number of carbonyl (C=O) groups excluding carboxylic acids is 1. The first-order valence-corrected chi connectivity index (χ1v) is 12.2. The number of amides is 1. The van der Waals surface area contributed by atoms with Crippen LogP contribution in [0.25, 0.3) is 10.6 Å². The van der Waals surface area contributed by atoms with Gasteiger partial charge in [0.15, 0.2) is 9.84 Å². The lowest BCUT2D eigenvalue weighted by molar-refractivity contribution is -0.120. The lowest BCUT2D eigenvalue weighted by Crippen LogP contribution is -2.40. The number of rotatable bonds is 6. The minimum atomic E-state index is -2.98. The molecule has 2 aromatic rings. The van der Waals surface area contributed by atoms with Gasteiger partial charge in [-0.15, -0.1) is 23.1 Å². The lowest BCUT2D eigenvalue weighted by Gasteiger charge is -2.15. The summed E-state index contributed by atoms with van der Waals surface area (Å²) >= 11 is 3.12. The van der Waals surface area contributed by atoms with Crippen molar-refractivity contribution in [1.82, 2.24) is 10.3 Å². The Balaban J connectivity index is 1.51. The van der Waals surface area contributed by atoms with Crippen molar-refractivity contribution in [3.05, 3.63) is 40.9 Å². The number of nitrogens with zero attached hydrogens (tertiary/aromatic N) is 1. The quantitative estimate of drug-likeness (QED) is 0.792. The second-order valence-corrected chi connectivity index (χ2v) is 11.0. The molecule has 0 bridgehead atoms. The van der Waals surface area contributed by atoms with Crippen LogP contribution in [-0.2, 0) is 20.4 Å². The van der Waals surface area contributed by atoms with E-state index in [1.807, 2.05) is 12.3 Å². The molecule has 3 rings (SSSR count). The number of hydrogen-bond acceptors (Lipinski definition) is 6. The first kappa shape index (κ1) is 19.4. The van der Waals surface area contributed by atoms with Gasteiger partial charge in [0.25, 0.3) is 0 Å². The number of benzene rings is 1. The highest BCUT2D eigenvalue weighted by molar-refractivity contribution is 7.99. The Kier molecular flexibility index (Phi) is 6.04. The smallest absolute Gasteiger partial charge is 0.233 e. The van der Waals surface area contributed by atoms with E-state index in [1.165, 1.54) is 17.3 Å². The van der Waals surface area contributed by atoms with Crippen LogP contribution < -0.4 is 5.32 Å². The zero-order chi connectivity index (χ0) is 18.7. The molecule has 0 saturated carbocycles. The number of aromatic nitrogens is 1. The van der Waals surface area contributed by atoms with Crippen LogP contribution in [0, 0.1) is 6.92 Å². The van der Waals surface area contributed by atoms with Gasteiger partial charge in [0.2, 0.25) is 5.91 Å². The van der Waals surface area contributed by atoms with Crippen molar-refractivity contribution >= 4 is 38.8 Å².